The van der Waals surface area contributed by atoms with Gasteiger partial charge in [0.2, 0.25) is 0 Å². The minimum atomic E-state index is -0.274. The maximum atomic E-state index is 12.9. The van der Waals surface area contributed by atoms with E-state index in [1.165, 1.54) is 12.1 Å². The van der Waals surface area contributed by atoms with Gasteiger partial charge < -0.3 is 15.0 Å². The lowest BCUT2D eigenvalue weighted by Gasteiger charge is -2.22. The molecule has 0 unspecified atom stereocenters. The molecule has 0 heterocycles. The molecule has 116 valence electrons. The number of benzene rings is 2. The van der Waals surface area contributed by atoms with Crippen LogP contribution in [0.2, 0.25) is 0 Å². The van der Waals surface area contributed by atoms with E-state index in [4.69, 9.17) is 17.0 Å². The predicted molar refractivity (Wildman–Crippen MR) is 94.8 cm³/mol. The molecule has 2 aromatic carbocycles. The molecule has 0 bridgehead atoms. The third-order valence-electron chi connectivity index (χ3n) is 3.09. The van der Waals surface area contributed by atoms with Crippen molar-refractivity contribution in [1.82, 2.24) is 4.90 Å². The molecule has 2 aromatic rings. The van der Waals surface area contributed by atoms with E-state index in [1.54, 1.807) is 19.2 Å². The second-order valence-electron chi connectivity index (χ2n) is 4.75. The Morgan fingerprint density at radius 2 is 1.95 bits per heavy atom. The van der Waals surface area contributed by atoms with Gasteiger partial charge in [0.1, 0.15) is 11.6 Å². The SMILES string of the molecule is COc1ccc(Br)cc1CN(C)C(=S)Nc1ccc(F)cc1. The summed E-state index contributed by atoms with van der Waals surface area (Å²) in [5.41, 5.74) is 1.77. The van der Waals surface area contributed by atoms with Gasteiger partial charge in [0, 0.05) is 29.3 Å². The van der Waals surface area contributed by atoms with E-state index in [9.17, 15) is 4.39 Å². The van der Waals surface area contributed by atoms with Gasteiger partial charge in [-0.1, -0.05) is 15.9 Å². The fraction of sp³-hybridized carbons (Fsp3) is 0.188. The van der Waals surface area contributed by atoms with E-state index in [-0.39, 0.29) is 5.82 Å². The van der Waals surface area contributed by atoms with Crippen molar-refractivity contribution in [2.75, 3.05) is 19.5 Å². The lowest BCUT2D eigenvalue weighted by molar-refractivity contribution is 0.399. The highest BCUT2D eigenvalue weighted by atomic mass is 79.9. The molecule has 0 aromatic heterocycles. The molecule has 0 spiro atoms. The van der Waals surface area contributed by atoms with Crippen molar-refractivity contribution in [2.45, 2.75) is 6.54 Å². The van der Waals surface area contributed by atoms with E-state index in [2.05, 4.69) is 21.2 Å². The Morgan fingerprint density at radius 3 is 2.59 bits per heavy atom. The molecule has 0 aliphatic carbocycles. The molecule has 2 rings (SSSR count). The molecule has 0 fully saturated rings. The Labute approximate surface area is 143 Å². The Kier molecular flexibility index (Phi) is 5.74. The van der Waals surface area contributed by atoms with Crippen LogP contribution < -0.4 is 10.1 Å². The Hall–Kier alpha value is -1.66. The Bertz CT molecular complexity index is 664. The summed E-state index contributed by atoms with van der Waals surface area (Å²) in [6.45, 7) is 0.593. The Morgan fingerprint density at radius 1 is 1.27 bits per heavy atom. The highest BCUT2D eigenvalue weighted by Gasteiger charge is 2.10. The first-order chi connectivity index (χ1) is 10.5. The molecular weight excluding hydrogens is 367 g/mol. The molecular formula is C16H16BrFN2OS. The van der Waals surface area contributed by atoms with E-state index in [0.717, 1.165) is 21.5 Å². The number of ether oxygens (including phenoxy) is 1. The molecule has 0 aliphatic rings. The van der Waals surface area contributed by atoms with Gasteiger partial charge in [0.15, 0.2) is 5.11 Å². The summed E-state index contributed by atoms with van der Waals surface area (Å²) in [7, 11) is 3.53. The van der Waals surface area contributed by atoms with Crippen molar-refractivity contribution >= 4 is 38.9 Å². The summed E-state index contributed by atoms with van der Waals surface area (Å²) in [5.74, 6) is 0.531. The molecule has 0 radical (unpaired) electrons. The third kappa shape index (κ3) is 4.42. The predicted octanol–water partition coefficient (Wildman–Crippen LogP) is 4.43. The van der Waals surface area contributed by atoms with Crippen molar-refractivity contribution in [2.24, 2.45) is 0 Å². The normalized spacial score (nSPS) is 10.2. The number of rotatable bonds is 4. The van der Waals surface area contributed by atoms with Gasteiger partial charge in [-0.15, -0.1) is 0 Å². The highest BCUT2D eigenvalue weighted by molar-refractivity contribution is 9.10. The first kappa shape index (κ1) is 16.7. The second-order valence-corrected chi connectivity index (χ2v) is 6.05. The van der Waals surface area contributed by atoms with E-state index >= 15 is 0 Å². The van der Waals surface area contributed by atoms with Crippen LogP contribution in [0, 0.1) is 5.82 Å². The quantitative estimate of drug-likeness (QED) is 0.790. The van der Waals surface area contributed by atoms with Gasteiger partial charge in [-0.25, -0.2) is 4.39 Å². The molecule has 0 amide bonds. The van der Waals surface area contributed by atoms with Crippen LogP contribution in [0.1, 0.15) is 5.56 Å². The number of hydrogen-bond acceptors (Lipinski definition) is 2. The first-order valence-electron chi connectivity index (χ1n) is 6.59. The van der Waals surface area contributed by atoms with Crippen LogP contribution in [0.5, 0.6) is 5.75 Å². The largest absolute Gasteiger partial charge is 0.496 e. The van der Waals surface area contributed by atoms with Gasteiger partial charge in [-0.3, -0.25) is 0 Å². The maximum absolute atomic E-state index is 12.9. The summed E-state index contributed by atoms with van der Waals surface area (Å²) in [4.78, 5) is 1.89. The van der Waals surface area contributed by atoms with E-state index in [1.807, 2.05) is 30.1 Å². The van der Waals surface area contributed by atoms with Crippen molar-refractivity contribution < 1.29 is 9.13 Å². The van der Waals surface area contributed by atoms with Crippen LogP contribution in [-0.4, -0.2) is 24.2 Å². The second kappa shape index (κ2) is 7.56. The van der Waals surface area contributed by atoms with Gasteiger partial charge in [0.25, 0.3) is 0 Å². The minimum Gasteiger partial charge on any atom is -0.496 e. The molecule has 22 heavy (non-hydrogen) atoms. The molecule has 0 aliphatic heterocycles. The molecule has 0 atom stereocenters. The van der Waals surface area contributed by atoms with Gasteiger partial charge >= 0.3 is 0 Å². The van der Waals surface area contributed by atoms with Crippen LogP contribution in [0.15, 0.2) is 46.9 Å². The van der Waals surface area contributed by atoms with Crippen molar-refractivity contribution in [3.05, 3.63) is 58.3 Å². The lowest BCUT2D eigenvalue weighted by atomic mass is 10.2. The van der Waals surface area contributed by atoms with Gasteiger partial charge in [-0.05, 0) is 54.7 Å². The molecule has 6 heteroatoms. The smallest absolute Gasteiger partial charge is 0.173 e. The highest BCUT2D eigenvalue weighted by Crippen LogP contribution is 2.24. The van der Waals surface area contributed by atoms with Crippen LogP contribution in [0.25, 0.3) is 0 Å². The summed E-state index contributed by atoms with van der Waals surface area (Å²) in [6, 6.07) is 11.9. The van der Waals surface area contributed by atoms with Crippen LogP contribution >= 0.6 is 28.1 Å². The number of nitrogens with one attached hydrogen (secondary N) is 1. The van der Waals surface area contributed by atoms with Gasteiger partial charge in [0.05, 0.1) is 7.11 Å². The first-order valence-corrected chi connectivity index (χ1v) is 7.80. The zero-order valence-electron chi connectivity index (χ0n) is 12.3. The maximum Gasteiger partial charge on any atom is 0.173 e. The number of hydrogen-bond donors (Lipinski definition) is 1. The van der Waals surface area contributed by atoms with E-state index in [0.29, 0.717) is 11.7 Å². The summed E-state index contributed by atoms with van der Waals surface area (Å²) in [5, 5.41) is 3.63. The molecule has 1 N–H and O–H groups in total. The number of anilines is 1. The average molecular weight is 383 g/mol. The summed E-state index contributed by atoms with van der Waals surface area (Å²) in [6.07, 6.45) is 0. The Balaban J connectivity index is 2.05. The third-order valence-corrected chi connectivity index (χ3v) is 4.00. The number of nitrogens with zero attached hydrogens (tertiary/aromatic N) is 1. The average Bonchev–Trinajstić information content (AvgIpc) is 2.49. The van der Waals surface area contributed by atoms with Crippen LogP contribution in [0.3, 0.4) is 0 Å². The number of halogens is 2. The number of thiocarbonyl (C=S) groups is 1. The van der Waals surface area contributed by atoms with Gasteiger partial charge in [-0.2, -0.15) is 0 Å². The van der Waals surface area contributed by atoms with Crippen LogP contribution in [0.4, 0.5) is 10.1 Å². The zero-order valence-corrected chi connectivity index (χ0v) is 14.7. The monoisotopic (exact) mass is 382 g/mol. The summed E-state index contributed by atoms with van der Waals surface area (Å²) >= 11 is 8.83. The molecule has 0 saturated heterocycles. The standard InChI is InChI=1S/C16H16BrFN2OS/c1-20(10-11-9-12(17)3-8-15(11)21-2)16(22)19-14-6-4-13(18)5-7-14/h3-9H,10H2,1-2H3,(H,19,22). The van der Waals surface area contributed by atoms with Crippen molar-refractivity contribution in [3.8, 4) is 5.75 Å². The number of methoxy groups -OCH3 is 1. The lowest BCUT2D eigenvalue weighted by Crippen LogP contribution is -2.30. The van der Waals surface area contributed by atoms with Crippen LogP contribution in [-0.2, 0) is 6.54 Å². The fourth-order valence-corrected chi connectivity index (χ4v) is 2.54. The topological polar surface area (TPSA) is 24.5 Å². The minimum absolute atomic E-state index is 0.274. The van der Waals surface area contributed by atoms with E-state index < -0.39 is 0 Å². The summed E-state index contributed by atoms with van der Waals surface area (Å²) < 4.78 is 19.2. The molecule has 0 saturated carbocycles. The fourth-order valence-electron chi connectivity index (χ4n) is 1.95. The molecule has 3 nitrogen and oxygen atoms in total. The van der Waals surface area contributed by atoms with Crippen molar-refractivity contribution in [3.63, 3.8) is 0 Å². The van der Waals surface area contributed by atoms with Crippen molar-refractivity contribution in [1.29, 1.82) is 0 Å². The zero-order chi connectivity index (χ0) is 16.1.